The Bertz CT molecular complexity index is 1290. The number of hydrogen-bond donors (Lipinski definition) is 1. The van der Waals surface area contributed by atoms with Gasteiger partial charge in [-0.15, -0.1) is 0 Å². The molecule has 1 N–H and O–H groups in total. The summed E-state index contributed by atoms with van der Waals surface area (Å²) in [6, 6.07) is 13.4. The molecule has 3 aromatic rings. The van der Waals surface area contributed by atoms with Crippen LogP contribution in [0.5, 0.6) is 11.5 Å². The number of carbonyl (C=O) groups is 2. The zero-order valence-electron chi connectivity index (χ0n) is 22.6. The maximum Gasteiger partial charge on any atom is 0.313 e. The lowest BCUT2D eigenvalue weighted by Crippen LogP contribution is -2.16. The van der Waals surface area contributed by atoms with Gasteiger partial charge in [-0.3, -0.25) is 14.6 Å². The average Bonchev–Trinajstić information content (AvgIpc) is 2.91. The highest BCUT2D eigenvalue weighted by Crippen LogP contribution is 2.45. The molecule has 1 atom stereocenters. The Hall–Kier alpha value is -4.04. The number of Topliss-reactive ketones (excluding diaryl/α,β-unsaturated/α-hetero) is 1. The van der Waals surface area contributed by atoms with Crippen LogP contribution in [-0.4, -0.2) is 41.7 Å². The Kier molecular flexibility index (Phi) is 10.8. The minimum Gasteiger partial charge on any atom is -0.493 e. The summed E-state index contributed by atoms with van der Waals surface area (Å²) >= 11 is 0. The molecule has 0 fully saturated rings. The van der Waals surface area contributed by atoms with Crippen LogP contribution in [0.1, 0.15) is 56.4 Å². The standard InChI is InChI=1S/C31H34FNO6/c1-5-38-29(36)17-25(35)16-24(34)13-14-26-27(20(2)3)18-28(37-4)31(39-19-23-8-6-7-15-33-23)30(26)21-9-11-22(32)12-10-21/h6-15,18,20,24,34H,5,16-17,19H2,1-4H3. The summed E-state index contributed by atoms with van der Waals surface area (Å²) < 4.78 is 30.7. The summed E-state index contributed by atoms with van der Waals surface area (Å²) in [6.45, 7) is 6.05. The number of esters is 1. The molecule has 0 radical (unpaired) electrons. The number of hydrogen-bond acceptors (Lipinski definition) is 7. The number of nitrogens with zero attached hydrogens (tertiary/aromatic N) is 1. The zero-order chi connectivity index (χ0) is 28.4. The topological polar surface area (TPSA) is 95.0 Å². The lowest BCUT2D eigenvalue weighted by molar-refractivity contribution is -0.145. The number of aliphatic hydroxyl groups is 1. The van der Waals surface area contributed by atoms with Crippen molar-refractivity contribution >= 4 is 17.8 Å². The van der Waals surface area contributed by atoms with E-state index in [9.17, 15) is 19.1 Å². The molecule has 0 amide bonds. The molecule has 8 heteroatoms. The molecule has 0 aliphatic rings. The highest BCUT2D eigenvalue weighted by Gasteiger charge is 2.23. The first-order chi connectivity index (χ1) is 18.7. The second kappa shape index (κ2) is 14.2. The van der Waals surface area contributed by atoms with E-state index in [1.165, 1.54) is 18.2 Å². The fraction of sp³-hybridized carbons (Fsp3) is 0.323. The third kappa shape index (κ3) is 8.22. The summed E-state index contributed by atoms with van der Waals surface area (Å²) in [5.74, 6) is -0.450. The van der Waals surface area contributed by atoms with Gasteiger partial charge in [0.2, 0.25) is 0 Å². The van der Waals surface area contributed by atoms with Crippen molar-refractivity contribution < 1.29 is 33.3 Å². The maximum absolute atomic E-state index is 13.9. The predicted molar refractivity (Wildman–Crippen MR) is 147 cm³/mol. The van der Waals surface area contributed by atoms with Crippen molar-refractivity contribution in [2.45, 2.75) is 52.2 Å². The van der Waals surface area contributed by atoms with E-state index >= 15 is 0 Å². The number of rotatable bonds is 13. The molecule has 0 saturated carbocycles. The van der Waals surface area contributed by atoms with Crippen LogP contribution in [0.25, 0.3) is 17.2 Å². The minimum absolute atomic E-state index is 0.0465. The fourth-order valence-electron chi connectivity index (χ4n) is 4.11. The fourth-order valence-corrected chi connectivity index (χ4v) is 4.11. The van der Waals surface area contributed by atoms with Crippen molar-refractivity contribution in [2.75, 3.05) is 13.7 Å². The second-order valence-corrected chi connectivity index (χ2v) is 9.21. The van der Waals surface area contributed by atoms with Gasteiger partial charge < -0.3 is 19.3 Å². The molecule has 3 rings (SSSR count). The smallest absolute Gasteiger partial charge is 0.313 e. The van der Waals surface area contributed by atoms with E-state index in [-0.39, 0.29) is 31.4 Å². The van der Waals surface area contributed by atoms with E-state index in [4.69, 9.17) is 14.2 Å². The minimum atomic E-state index is -1.13. The summed E-state index contributed by atoms with van der Waals surface area (Å²) in [5.41, 5.74) is 3.67. The number of aromatic nitrogens is 1. The molecule has 0 spiro atoms. The molecule has 206 valence electrons. The molecular weight excluding hydrogens is 501 g/mol. The second-order valence-electron chi connectivity index (χ2n) is 9.21. The molecule has 0 aliphatic heterocycles. The third-order valence-electron chi connectivity index (χ3n) is 5.95. The van der Waals surface area contributed by atoms with Crippen LogP contribution in [0.4, 0.5) is 4.39 Å². The first-order valence-electron chi connectivity index (χ1n) is 12.8. The van der Waals surface area contributed by atoms with Crippen molar-refractivity contribution in [3.63, 3.8) is 0 Å². The van der Waals surface area contributed by atoms with Crippen LogP contribution in [-0.2, 0) is 20.9 Å². The number of methoxy groups -OCH3 is 1. The van der Waals surface area contributed by atoms with Crippen LogP contribution in [0.3, 0.4) is 0 Å². The molecular formula is C31H34FNO6. The van der Waals surface area contributed by atoms with Gasteiger partial charge in [0.15, 0.2) is 11.5 Å². The summed E-state index contributed by atoms with van der Waals surface area (Å²) in [7, 11) is 1.55. The largest absolute Gasteiger partial charge is 0.493 e. The third-order valence-corrected chi connectivity index (χ3v) is 5.95. The first-order valence-corrected chi connectivity index (χ1v) is 12.8. The molecule has 0 aliphatic carbocycles. The van der Waals surface area contributed by atoms with E-state index < -0.39 is 24.3 Å². The highest BCUT2D eigenvalue weighted by atomic mass is 19.1. The van der Waals surface area contributed by atoms with Crippen molar-refractivity contribution in [1.29, 1.82) is 0 Å². The van der Waals surface area contributed by atoms with E-state index in [0.717, 1.165) is 11.1 Å². The van der Waals surface area contributed by atoms with Crippen LogP contribution in [0.2, 0.25) is 0 Å². The van der Waals surface area contributed by atoms with E-state index in [1.54, 1.807) is 38.4 Å². The van der Waals surface area contributed by atoms with E-state index in [0.29, 0.717) is 28.3 Å². The van der Waals surface area contributed by atoms with Gasteiger partial charge in [-0.05, 0) is 59.9 Å². The van der Waals surface area contributed by atoms with Gasteiger partial charge in [0.05, 0.1) is 25.5 Å². The first kappa shape index (κ1) is 29.5. The average molecular weight is 536 g/mol. The summed E-state index contributed by atoms with van der Waals surface area (Å²) in [6.07, 6.45) is 3.14. The molecule has 2 aromatic carbocycles. The van der Waals surface area contributed by atoms with E-state index in [1.807, 2.05) is 38.1 Å². The molecule has 0 bridgehead atoms. The van der Waals surface area contributed by atoms with Crippen molar-refractivity contribution in [1.82, 2.24) is 4.98 Å². The summed E-state index contributed by atoms with van der Waals surface area (Å²) in [5, 5.41) is 10.6. The lowest BCUT2D eigenvalue weighted by atomic mass is 9.88. The molecule has 1 heterocycles. The number of halogens is 1. The van der Waals surface area contributed by atoms with Crippen molar-refractivity contribution in [3.8, 4) is 22.6 Å². The number of aliphatic hydroxyl groups excluding tert-OH is 1. The van der Waals surface area contributed by atoms with Crippen LogP contribution < -0.4 is 9.47 Å². The Morgan fingerprint density at radius 1 is 1.13 bits per heavy atom. The van der Waals surface area contributed by atoms with Crippen LogP contribution >= 0.6 is 0 Å². The quantitative estimate of drug-likeness (QED) is 0.216. The van der Waals surface area contributed by atoms with Crippen LogP contribution in [0.15, 0.2) is 60.8 Å². The summed E-state index contributed by atoms with van der Waals surface area (Å²) in [4.78, 5) is 28.2. The van der Waals surface area contributed by atoms with Gasteiger partial charge in [0.25, 0.3) is 0 Å². The van der Waals surface area contributed by atoms with Crippen molar-refractivity contribution in [3.05, 3.63) is 83.4 Å². The number of benzene rings is 2. The van der Waals surface area contributed by atoms with Gasteiger partial charge in [0, 0.05) is 18.2 Å². The highest BCUT2D eigenvalue weighted by molar-refractivity contribution is 5.96. The maximum atomic E-state index is 13.9. The predicted octanol–water partition coefficient (Wildman–Crippen LogP) is 5.89. The van der Waals surface area contributed by atoms with Gasteiger partial charge in [-0.1, -0.05) is 44.2 Å². The monoisotopic (exact) mass is 535 g/mol. The Morgan fingerprint density at radius 2 is 1.87 bits per heavy atom. The molecule has 0 saturated heterocycles. The van der Waals surface area contributed by atoms with Gasteiger partial charge in [-0.25, -0.2) is 4.39 Å². The molecule has 1 aromatic heterocycles. The zero-order valence-corrected chi connectivity index (χ0v) is 22.6. The molecule has 7 nitrogen and oxygen atoms in total. The van der Waals surface area contributed by atoms with Gasteiger partial charge in [-0.2, -0.15) is 0 Å². The van der Waals surface area contributed by atoms with Gasteiger partial charge in [0.1, 0.15) is 24.6 Å². The Labute approximate surface area is 228 Å². The SMILES string of the molecule is CCOC(=O)CC(=O)CC(O)C=Cc1c(C(C)C)cc(OC)c(OCc2ccccn2)c1-c1ccc(F)cc1. The number of ketones is 1. The Balaban J connectivity index is 2.07. The molecule has 1 unspecified atom stereocenters. The number of pyridine rings is 1. The normalized spacial score (nSPS) is 12.0. The Morgan fingerprint density at radius 3 is 2.49 bits per heavy atom. The van der Waals surface area contributed by atoms with Gasteiger partial charge >= 0.3 is 5.97 Å². The van der Waals surface area contributed by atoms with Crippen molar-refractivity contribution in [2.24, 2.45) is 0 Å². The number of ether oxygens (including phenoxy) is 3. The van der Waals surface area contributed by atoms with Crippen LogP contribution in [0, 0.1) is 5.82 Å². The molecule has 39 heavy (non-hydrogen) atoms. The number of carbonyl (C=O) groups excluding carboxylic acids is 2. The van der Waals surface area contributed by atoms with E-state index in [2.05, 4.69) is 4.98 Å². The lowest BCUT2D eigenvalue weighted by Gasteiger charge is -2.22.